The molecule has 0 aliphatic heterocycles. The van der Waals surface area contributed by atoms with Gasteiger partial charge in [0.2, 0.25) is 10.0 Å². The minimum absolute atomic E-state index is 0.0488. The summed E-state index contributed by atoms with van der Waals surface area (Å²) in [7, 11) is -3.63. The van der Waals surface area contributed by atoms with Gasteiger partial charge in [-0.1, -0.05) is 32.9 Å². The van der Waals surface area contributed by atoms with Crippen molar-refractivity contribution in [3.63, 3.8) is 0 Å². The fourth-order valence-corrected chi connectivity index (χ4v) is 3.06. The van der Waals surface area contributed by atoms with E-state index < -0.39 is 10.0 Å². The van der Waals surface area contributed by atoms with Crippen LogP contribution in [0.4, 0.5) is 0 Å². The first-order chi connectivity index (χ1) is 10.2. The molecule has 118 valence electrons. The molecule has 3 rings (SSSR count). The number of aromatic nitrogens is 1. The van der Waals surface area contributed by atoms with Crippen LogP contribution < -0.4 is 5.14 Å². The first-order valence-electron chi connectivity index (χ1n) is 7.25. The maximum atomic E-state index is 11.3. The van der Waals surface area contributed by atoms with Crippen molar-refractivity contribution in [2.24, 2.45) is 5.14 Å². The first-order valence-corrected chi connectivity index (χ1v) is 8.80. The third-order valence-corrected chi connectivity index (χ3v) is 4.94. The largest absolute Gasteiger partial charge is 0.445 e. The van der Waals surface area contributed by atoms with Crippen molar-refractivity contribution in [3.8, 4) is 0 Å². The Labute approximate surface area is 130 Å². The lowest BCUT2D eigenvalue weighted by Crippen LogP contribution is -2.11. The smallest absolute Gasteiger partial charge is 0.238 e. The van der Waals surface area contributed by atoms with Crippen molar-refractivity contribution >= 4 is 10.0 Å². The van der Waals surface area contributed by atoms with Gasteiger partial charge in [-0.15, -0.1) is 0 Å². The average Bonchev–Trinajstić information content (AvgIpc) is 3.04. The fraction of sp³-hybridized carbons (Fsp3) is 0.438. The summed E-state index contributed by atoms with van der Waals surface area (Å²) in [4.78, 5) is 4.53. The highest BCUT2D eigenvalue weighted by atomic mass is 32.2. The van der Waals surface area contributed by atoms with E-state index in [0.717, 1.165) is 23.6 Å². The van der Waals surface area contributed by atoms with Crippen LogP contribution in [0.15, 0.2) is 39.8 Å². The van der Waals surface area contributed by atoms with Gasteiger partial charge < -0.3 is 4.42 Å². The molecule has 6 heteroatoms. The molecule has 1 aliphatic carbocycles. The van der Waals surface area contributed by atoms with Crippen LogP contribution in [0.2, 0.25) is 0 Å². The van der Waals surface area contributed by atoms with E-state index in [0.29, 0.717) is 5.92 Å². The molecule has 0 radical (unpaired) electrons. The van der Waals surface area contributed by atoms with Crippen molar-refractivity contribution in [2.45, 2.75) is 49.3 Å². The number of rotatable bonds is 3. The third kappa shape index (κ3) is 2.94. The molecular weight excluding hydrogens is 300 g/mol. The van der Waals surface area contributed by atoms with Crippen molar-refractivity contribution < 1.29 is 12.8 Å². The Balaban J connectivity index is 1.76. The van der Waals surface area contributed by atoms with E-state index in [-0.39, 0.29) is 16.2 Å². The number of nitrogens with two attached hydrogens (primary N) is 1. The van der Waals surface area contributed by atoms with Gasteiger partial charge in [0.05, 0.1) is 11.1 Å². The summed E-state index contributed by atoms with van der Waals surface area (Å²) in [5.74, 6) is 2.26. The molecule has 1 fully saturated rings. The number of benzene rings is 1. The summed E-state index contributed by atoms with van der Waals surface area (Å²) >= 11 is 0. The zero-order chi connectivity index (χ0) is 16.1. The van der Waals surface area contributed by atoms with Crippen LogP contribution in [0.1, 0.15) is 56.2 Å². The molecule has 2 atom stereocenters. The first kappa shape index (κ1) is 15.2. The molecule has 2 N–H and O–H groups in total. The maximum absolute atomic E-state index is 11.3. The molecule has 1 aliphatic rings. The SMILES string of the molecule is CC(C)(C)c1cnc([C@@H]2C[C@H]2c2ccc(S(N)(=O)=O)cc2)o1. The van der Waals surface area contributed by atoms with E-state index in [2.05, 4.69) is 25.8 Å². The lowest BCUT2D eigenvalue weighted by molar-refractivity contribution is 0.382. The third-order valence-electron chi connectivity index (χ3n) is 4.01. The van der Waals surface area contributed by atoms with Gasteiger partial charge in [0.25, 0.3) is 0 Å². The van der Waals surface area contributed by atoms with Gasteiger partial charge in [0, 0.05) is 11.3 Å². The maximum Gasteiger partial charge on any atom is 0.238 e. The summed E-state index contributed by atoms with van der Waals surface area (Å²) < 4.78 is 28.4. The van der Waals surface area contributed by atoms with E-state index in [1.165, 1.54) is 0 Å². The van der Waals surface area contributed by atoms with Crippen molar-refractivity contribution in [1.82, 2.24) is 4.98 Å². The molecule has 0 unspecified atom stereocenters. The molecule has 22 heavy (non-hydrogen) atoms. The summed E-state index contributed by atoms with van der Waals surface area (Å²) in [5.41, 5.74) is 1.04. The number of hydrogen-bond acceptors (Lipinski definition) is 4. The molecule has 2 aromatic rings. The van der Waals surface area contributed by atoms with Crippen molar-refractivity contribution in [3.05, 3.63) is 47.7 Å². The number of sulfonamides is 1. The Hall–Kier alpha value is -1.66. The van der Waals surface area contributed by atoms with Gasteiger partial charge >= 0.3 is 0 Å². The number of nitrogens with zero attached hydrogens (tertiary/aromatic N) is 1. The van der Waals surface area contributed by atoms with E-state index >= 15 is 0 Å². The predicted molar refractivity (Wildman–Crippen MR) is 83.1 cm³/mol. The summed E-state index contributed by atoms with van der Waals surface area (Å²) in [6, 6.07) is 6.74. The van der Waals surface area contributed by atoms with E-state index in [1.807, 2.05) is 12.1 Å². The number of oxazole rings is 1. The van der Waals surface area contributed by atoms with Gasteiger partial charge in [0.15, 0.2) is 5.89 Å². The zero-order valence-corrected chi connectivity index (χ0v) is 13.7. The van der Waals surface area contributed by atoms with Crippen LogP contribution in [0, 0.1) is 0 Å². The molecule has 1 aromatic heterocycles. The van der Waals surface area contributed by atoms with Crippen LogP contribution in [0.3, 0.4) is 0 Å². The molecule has 0 amide bonds. The average molecular weight is 320 g/mol. The van der Waals surface area contributed by atoms with E-state index in [4.69, 9.17) is 9.56 Å². The minimum atomic E-state index is -3.63. The zero-order valence-electron chi connectivity index (χ0n) is 12.9. The molecule has 1 saturated carbocycles. The summed E-state index contributed by atoms with van der Waals surface area (Å²) in [6.45, 7) is 6.27. The van der Waals surface area contributed by atoms with Gasteiger partial charge in [-0.2, -0.15) is 0 Å². The minimum Gasteiger partial charge on any atom is -0.445 e. The Bertz CT molecular complexity index is 786. The van der Waals surface area contributed by atoms with Gasteiger partial charge in [-0.25, -0.2) is 18.5 Å². The molecule has 1 heterocycles. The molecule has 0 bridgehead atoms. The Morgan fingerprint density at radius 1 is 1.18 bits per heavy atom. The highest BCUT2D eigenvalue weighted by Gasteiger charge is 2.43. The van der Waals surface area contributed by atoms with E-state index in [9.17, 15) is 8.42 Å². The van der Waals surface area contributed by atoms with Crippen LogP contribution in [-0.2, 0) is 15.4 Å². The normalized spacial score (nSPS) is 21.8. The molecule has 5 nitrogen and oxygen atoms in total. The monoisotopic (exact) mass is 320 g/mol. The second kappa shape index (κ2) is 4.93. The highest BCUT2D eigenvalue weighted by Crippen LogP contribution is 2.54. The van der Waals surface area contributed by atoms with Crippen LogP contribution in [0.5, 0.6) is 0 Å². The quantitative estimate of drug-likeness (QED) is 0.942. The van der Waals surface area contributed by atoms with Crippen LogP contribution in [-0.4, -0.2) is 13.4 Å². The fourth-order valence-electron chi connectivity index (χ4n) is 2.55. The summed E-state index contributed by atoms with van der Waals surface area (Å²) in [6.07, 6.45) is 2.77. The second-order valence-corrected chi connectivity index (χ2v) is 8.44. The molecule has 0 saturated heterocycles. The van der Waals surface area contributed by atoms with Crippen molar-refractivity contribution in [1.29, 1.82) is 0 Å². The molecule has 1 aromatic carbocycles. The van der Waals surface area contributed by atoms with Crippen LogP contribution in [0.25, 0.3) is 0 Å². The Morgan fingerprint density at radius 3 is 2.32 bits per heavy atom. The topological polar surface area (TPSA) is 86.2 Å². The predicted octanol–water partition coefficient (Wildman–Crippen LogP) is 2.89. The van der Waals surface area contributed by atoms with Gasteiger partial charge in [-0.3, -0.25) is 0 Å². The Morgan fingerprint density at radius 2 is 1.82 bits per heavy atom. The molecular formula is C16H20N2O3S. The number of hydrogen-bond donors (Lipinski definition) is 1. The Kier molecular flexibility index (Phi) is 3.41. The molecule has 0 spiro atoms. The number of primary sulfonamides is 1. The van der Waals surface area contributed by atoms with E-state index in [1.54, 1.807) is 18.3 Å². The lowest BCUT2D eigenvalue weighted by Gasteiger charge is -2.13. The van der Waals surface area contributed by atoms with Crippen molar-refractivity contribution in [2.75, 3.05) is 0 Å². The lowest BCUT2D eigenvalue weighted by atomic mass is 9.94. The highest BCUT2D eigenvalue weighted by molar-refractivity contribution is 7.89. The standard InChI is InChI=1S/C16H20N2O3S/c1-16(2,3)14-9-18-15(21-14)13-8-12(13)10-4-6-11(7-5-10)22(17,19)20/h4-7,9,12-13H,8H2,1-3H3,(H2,17,19,20)/t12-,13+/m0/s1. The van der Waals surface area contributed by atoms with Crippen LogP contribution >= 0.6 is 0 Å². The van der Waals surface area contributed by atoms with Gasteiger partial charge in [0.1, 0.15) is 5.76 Å². The summed E-state index contributed by atoms with van der Waals surface area (Å²) in [5, 5.41) is 5.11. The van der Waals surface area contributed by atoms with Gasteiger partial charge in [-0.05, 0) is 30.0 Å². The second-order valence-electron chi connectivity index (χ2n) is 6.88.